The Bertz CT molecular complexity index is 421. The third-order valence-corrected chi connectivity index (χ3v) is 5.98. The Balaban J connectivity index is 1.39. The minimum absolute atomic E-state index is 0.000820. The summed E-state index contributed by atoms with van der Waals surface area (Å²) in [6.45, 7) is 5.90. The molecule has 0 aromatic carbocycles. The van der Waals surface area contributed by atoms with E-state index in [4.69, 9.17) is 4.74 Å². The van der Waals surface area contributed by atoms with Crippen LogP contribution in [-0.4, -0.2) is 67.8 Å². The summed E-state index contributed by atoms with van der Waals surface area (Å²) in [6.07, 6.45) is 3.04. The fourth-order valence-electron chi connectivity index (χ4n) is 4.46. The number of nitrogens with zero attached hydrogens (tertiary/aromatic N) is 2. The lowest BCUT2D eigenvalue weighted by Gasteiger charge is -2.37. The Hall–Kier alpha value is -0.680. The fourth-order valence-corrected chi connectivity index (χ4v) is 4.46. The monoisotopic (exact) mass is 310 g/mol. The average Bonchev–Trinajstić information content (AvgIpc) is 3.23. The Labute approximate surface area is 132 Å². The first kappa shape index (κ1) is 14.9. The Morgan fingerprint density at radius 1 is 1.09 bits per heavy atom. The van der Waals surface area contributed by atoms with Crippen molar-refractivity contribution in [3.8, 4) is 0 Å². The van der Waals surface area contributed by atoms with Gasteiger partial charge in [-0.15, -0.1) is 0 Å². The molecular formula is C17H27FN2O2. The van der Waals surface area contributed by atoms with Gasteiger partial charge in [0.15, 0.2) is 0 Å². The van der Waals surface area contributed by atoms with E-state index in [1.165, 1.54) is 19.4 Å². The zero-order chi connectivity index (χ0) is 15.1. The van der Waals surface area contributed by atoms with Crippen molar-refractivity contribution in [2.45, 2.75) is 31.9 Å². The van der Waals surface area contributed by atoms with Gasteiger partial charge in [0, 0.05) is 32.7 Å². The molecule has 0 spiro atoms. The predicted octanol–water partition coefficient (Wildman–Crippen LogP) is 1.55. The SMILES string of the molecule is O=C([C@@H]1COC[C@@H]2CN(CC3CC3)C[C@@H]21)N1CCC(F)CC1. The summed E-state index contributed by atoms with van der Waals surface area (Å²) < 4.78 is 19.0. The highest BCUT2D eigenvalue weighted by molar-refractivity contribution is 5.79. The molecule has 5 heteroatoms. The van der Waals surface area contributed by atoms with Crippen LogP contribution < -0.4 is 0 Å². The van der Waals surface area contributed by atoms with Crippen LogP contribution in [-0.2, 0) is 9.53 Å². The number of hydrogen-bond donors (Lipinski definition) is 0. The number of amides is 1. The van der Waals surface area contributed by atoms with Crippen molar-refractivity contribution in [3.63, 3.8) is 0 Å². The van der Waals surface area contributed by atoms with Gasteiger partial charge in [-0.3, -0.25) is 4.79 Å². The molecule has 4 rings (SSSR count). The molecule has 1 saturated carbocycles. The third kappa shape index (κ3) is 3.02. The molecule has 0 bridgehead atoms. The molecule has 3 aliphatic heterocycles. The van der Waals surface area contributed by atoms with E-state index >= 15 is 0 Å². The summed E-state index contributed by atoms with van der Waals surface area (Å²) in [5.41, 5.74) is 0. The zero-order valence-corrected chi connectivity index (χ0v) is 13.3. The van der Waals surface area contributed by atoms with Crippen LogP contribution in [0.2, 0.25) is 0 Å². The van der Waals surface area contributed by atoms with Crippen molar-refractivity contribution < 1.29 is 13.9 Å². The molecular weight excluding hydrogens is 283 g/mol. The number of fused-ring (bicyclic) bond motifs is 1. The molecule has 1 amide bonds. The molecule has 4 fully saturated rings. The van der Waals surface area contributed by atoms with Gasteiger partial charge in [-0.05, 0) is 43.4 Å². The molecule has 3 saturated heterocycles. The molecule has 0 unspecified atom stereocenters. The number of likely N-dealkylation sites (tertiary alicyclic amines) is 2. The van der Waals surface area contributed by atoms with E-state index in [2.05, 4.69) is 4.90 Å². The molecule has 4 aliphatic rings. The van der Waals surface area contributed by atoms with Crippen molar-refractivity contribution in [1.82, 2.24) is 9.80 Å². The predicted molar refractivity (Wildman–Crippen MR) is 81.2 cm³/mol. The van der Waals surface area contributed by atoms with E-state index in [-0.39, 0.29) is 11.8 Å². The minimum Gasteiger partial charge on any atom is -0.380 e. The maximum atomic E-state index is 13.3. The number of hydrogen-bond acceptors (Lipinski definition) is 3. The van der Waals surface area contributed by atoms with Gasteiger partial charge in [0.25, 0.3) is 0 Å². The maximum absolute atomic E-state index is 13.3. The van der Waals surface area contributed by atoms with Crippen molar-refractivity contribution in [3.05, 3.63) is 0 Å². The van der Waals surface area contributed by atoms with Crippen LogP contribution in [0.1, 0.15) is 25.7 Å². The number of ether oxygens (including phenoxy) is 1. The van der Waals surface area contributed by atoms with Crippen molar-refractivity contribution in [2.75, 3.05) is 45.9 Å². The fraction of sp³-hybridized carbons (Fsp3) is 0.941. The number of piperidine rings is 1. The van der Waals surface area contributed by atoms with Crippen LogP contribution in [0.4, 0.5) is 4.39 Å². The van der Waals surface area contributed by atoms with E-state index in [1.54, 1.807) is 0 Å². The quantitative estimate of drug-likeness (QED) is 0.793. The highest BCUT2D eigenvalue weighted by Crippen LogP contribution is 2.38. The van der Waals surface area contributed by atoms with Gasteiger partial charge in [0.1, 0.15) is 6.17 Å². The first-order valence-corrected chi connectivity index (χ1v) is 8.93. The maximum Gasteiger partial charge on any atom is 0.228 e. The first-order valence-electron chi connectivity index (χ1n) is 8.93. The lowest BCUT2D eigenvalue weighted by Crippen LogP contribution is -2.48. The molecule has 3 atom stereocenters. The minimum atomic E-state index is -0.722. The molecule has 0 aromatic rings. The van der Waals surface area contributed by atoms with Gasteiger partial charge in [0.2, 0.25) is 5.91 Å². The molecule has 1 aliphatic carbocycles. The van der Waals surface area contributed by atoms with Crippen molar-refractivity contribution >= 4 is 5.91 Å². The second kappa shape index (κ2) is 6.08. The van der Waals surface area contributed by atoms with Gasteiger partial charge in [-0.25, -0.2) is 4.39 Å². The molecule has 0 radical (unpaired) electrons. The van der Waals surface area contributed by atoms with E-state index < -0.39 is 6.17 Å². The Morgan fingerprint density at radius 3 is 2.59 bits per heavy atom. The summed E-state index contributed by atoms with van der Waals surface area (Å²) in [5, 5.41) is 0. The van der Waals surface area contributed by atoms with Crippen LogP contribution in [0, 0.1) is 23.7 Å². The van der Waals surface area contributed by atoms with E-state index in [1.807, 2.05) is 4.90 Å². The molecule has 4 nitrogen and oxygen atoms in total. The second-order valence-corrected chi connectivity index (χ2v) is 7.73. The summed E-state index contributed by atoms with van der Waals surface area (Å²) in [7, 11) is 0. The van der Waals surface area contributed by atoms with E-state index in [0.717, 1.165) is 25.6 Å². The van der Waals surface area contributed by atoms with Gasteiger partial charge in [0.05, 0.1) is 19.1 Å². The van der Waals surface area contributed by atoms with Gasteiger partial charge < -0.3 is 14.5 Å². The standard InChI is InChI=1S/C17H27FN2O2/c18-14-3-5-20(6-4-14)17(21)16-11-22-10-13-8-19(9-15(13)16)7-12-1-2-12/h12-16H,1-11H2/t13-,15-,16+/m0/s1. The first-order chi connectivity index (χ1) is 10.7. The lowest BCUT2D eigenvalue weighted by molar-refractivity contribution is -0.145. The Morgan fingerprint density at radius 2 is 1.86 bits per heavy atom. The smallest absolute Gasteiger partial charge is 0.228 e. The normalized spacial score (nSPS) is 37.3. The summed E-state index contributed by atoms with van der Waals surface area (Å²) in [6, 6.07) is 0. The van der Waals surface area contributed by atoms with Crippen LogP contribution in [0.3, 0.4) is 0 Å². The summed E-state index contributed by atoms with van der Waals surface area (Å²) >= 11 is 0. The number of carbonyl (C=O) groups is 1. The van der Waals surface area contributed by atoms with Gasteiger partial charge in [-0.2, -0.15) is 0 Å². The van der Waals surface area contributed by atoms with Crippen LogP contribution >= 0.6 is 0 Å². The Kier molecular flexibility index (Phi) is 4.11. The third-order valence-electron chi connectivity index (χ3n) is 5.98. The highest BCUT2D eigenvalue weighted by Gasteiger charge is 2.46. The summed E-state index contributed by atoms with van der Waals surface area (Å²) in [4.78, 5) is 17.3. The topological polar surface area (TPSA) is 32.8 Å². The lowest BCUT2D eigenvalue weighted by atomic mass is 9.81. The molecule has 3 heterocycles. The molecule has 22 heavy (non-hydrogen) atoms. The molecule has 0 aromatic heterocycles. The van der Waals surface area contributed by atoms with Crippen LogP contribution in [0.5, 0.6) is 0 Å². The average molecular weight is 310 g/mol. The molecule has 0 N–H and O–H groups in total. The van der Waals surface area contributed by atoms with E-state index in [9.17, 15) is 9.18 Å². The van der Waals surface area contributed by atoms with Crippen LogP contribution in [0.15, 0.2) is 0 Å². The second-order valence-electron chi connectivity index (χ2n) is 7.73. The molecule has 124 valence electrons. The highest BCUT2D eigenvalue weighted by atomic mass is 19.1. The van der Waals surface area contributed by atoms with Gasteiger partial charge >= 0.3 is 0 Å². The van der Waals surface area contributed by atoms with Gasteiger partial charge in [-0.1, -0.05) is 0 Å². The summed E-state index contributed by atoms with van der Waals surface area (Å²) in [5.74, 6) is 2.08. The number of alkyl halides is 1. The van der Waals surface area contributed by atoms with Crippen LogP contribution in [0.25, 0.3) is 0 Å². The van der Waals surface area contributed by atoms with E-state index in [0.29, 0.717) is 44.4 Å². The largest absolute Gasteiger partial charge is 0.380 e. The number of carbonyl (C=O) groups excluding carboxylic acids is 1. The number of rotatable bonds is 3. The zero-order valence-electron chi connectivity index (χ0n) is 13.3. The number of halogens is 1. The van der Waals surface area contributed by atoms with Crippen molar-refractivity contribution in [2.24, 2.45) is 23.7 Å². The van der Waals surface area contributed by atoms with Crippen molar-refractivity contribution in [1.29, 1.82) is 0 Å².